The van der Waals surface area contributed by atoms with E-state index >= 15 is 0 Å². The minimum Gasteiger partial charge on any atom is -0.497 e. The SMILES string of the molecule is COc1ccc(C)c(N(CC(=O)Nc2cc(C)cnc2Cl)S(=O)(=O)c2ccccc2)c1. The Hall–Kier alpha value is -3.10. The molecule has 1 N–H and O–H groups in total. The Morgan fingerprint density at radius 3 is 2.52 bits per heavy atom. The largest absolute Gasteiger partial charge is 0.497 e. The number of carbonyl (C=O) groups excluding carboxylic acids is 1. The molecule has 0 bridgehead atoms. The quantitative estimate of drug-likeness (QED) is 0.535. The summed E-state index contributed by atoms with van der Waals surface area (Å²) < 4.78 is 33.2. The number of rotatable bonds is 7. The highest BCUT2D eigenvalue weighted by Gasteiger charge is 2.29. The van der Waals surface area contributed by atoms with Crippen LogP contribution in [-0.4, -0.2) is 33.0 Å². The van der Waals surface area contributed by atoms with E-state index in [0.29, 0.717) is 22.7 Å². The van der Waals surface area contributed by atoms with Crippen molar-refractivity contribution in [2.45, 2.75) is 18.7 Å². The van der Waals surface area contributed by atoms with Crippen LogP contribution < -0.4 is 14.4 Å². The summed E-state index contributed by atoms with van der Waals surface area (Å²) in [6, 6.07) is 14.7. The van der Waals surface area contributed by atoms with E-state index in [9.17, 15) is 13.2 Å². The lowest BCUT2D eigenvalue weighted by atomic mass is 10.2. The van der Waals surface area contributed by atoms with Gasteiger partial charge in [-0.05, 0) is 49.2 Å². The molecule has 9 heteroatoms. The van der Waals surface area contributed by atoms with Crippen molar-refractivity contribution in [2.24, 2.45) is 0 Å². The predicted octanol–water partition coefficient (Wildman–Crippen LogP) is 4.19. The second-order valence-corrected chi connectivity index (χ2v) is 9.10. The minimum absolute atomic E-state index is 0.0697. The Balaban J connectivity index is 2.02. The Bertz CT molecular complexity index is 1200. The van der Waals surface area contributed by atoms with Crippen molar-refractivity contribution < 1.29 is 17.9 Å². The number of halogens is 1. The third-order valence-electron chi connectivity index (χ3n) is 4.55. The molecule has 0 spiro atoms. The van der Waals surface area contributed by atoms with Gasteiger partial charge in [0, 0.05) is 12.3 Å². The molecular formula is C22H22ClN3O4S. The third kappa shape index (κ3) is 5.15. The monoisotopic (exact) mass is 459 g/mol. The van der Waals surface area contributed by atoms with E-state index in [4.69, 9.17) is 16.3 Å². The Morgan fingerprint density at radius 2 is 1.84 bits per heavy atom. The van der Waals surface area contributed by atoms with Gasteiger partial charge in [-0.1, -0.05) is 35.9 Å². The van der Waals surface area contributed by atoms with E-state index < -0.39 is 22.5 Å². The molecule has 0 saturated heterocycles. The highest BCUT2D eigenvalue weighted by atomic mass is 35.5. The number of aromatic nitrogens is 1. The zero-order valence-electron chi connectivity index (χ0n) is 17.3. The summed E-state index contributed by atoms with van der Waals surface area (Å²) in [7, 11) is -2.55. The number of nitrogens with one attached hydrogen (secondary N) is 1. The van der Waals surface area contributed by atoms with Crippen LogP contribution in [0, 0.1) is 13.8 Å². The van der Waals surface area contributed by atoms with Crippen molar-refractivity contribution in [3.05, 3.63) is 77.1 Å². The van der Waals surface area contributed by atoms with Gasteiger partial charge in [0.2, 0.25) is 5.91 Å². The average Bonchev–Trinajstić information content (AvgIpc) is 2.76. The molecule has 0 unspecified atom stereocenters. The molecule has 0 saturated carbocycles. The highest BCUT2D eigenvalue weighted by Crippen LogP contribution is 2.30. The molecule has 0 atom stereocenters. The average molecular weight is 460 g/mol. The molecule has 3 aromatic rings. The van der Waals surface area contributed by atoms with Gasteiger partial charge < -0.3 is 10.1 Å². The molecule has 0 fully saturated rings. The van der Waals surface area contributed by atoms with Gasteiger partial charge in [-0.15, -0.1) is 0 Å². The molecule has 7 nitrogen and oxygen atoms in total. The second kappa shape index (κ2) is 9.36. The lowest BCUT2D eigenvalue weighted by Gasteiger charge is -2.26. The standard InChI is InChI=1S/C22H22ClN3O4S/c1-15-11-19(22(23)24-13-15)25-21(27)14-26(20-12-17(30-3)10-9-16(20)2)31(28,29)18-7-5-4-6-8-18/h4-13H,14H2,1-3H3,(H,25,27). The molecule has 0 aliphatic heterocycles. The number of sulfonamides is 1. The summed E-state index contributed by atoms with van der Waals surface area (Å²) in [6.07, 6.45) is 1.57. The zero-order valence-corrected chi connectivity index (χ0v) is 18.9. The number of hydrogen-bond acceptors (Lipinski definition) is 5. The maximum Gasteiger partial charge on any atom is 0.264 e. The molecule has 0 aliphatic carbocycles. The zero-order chi connectivity index (χ0) is 22.6. The summed E-state index contributed by atoms with van der Waals surface area (Å²) in [5.41, 5.74) is 2.12. The molecule has 0 radical (unpaired) electrons. The van der Waals surface area contributed by atoms with Gasteiger partial charge in [0.15, 0.2) is 5.15 Å². The van der Waals surface area contributed by atoms with Crippen molar-refractivity contribution in [1.82, 2.24) is 4.98 Å². The number of pyridine rings is 1. The third-order valence-corrected chi connectivity index (χ3v) is 6.63. The van der Waals surface area contributed by atoms with Crippen molar-refractivity contribution >= 4 is 38.9 Å². The lowest BCUT2D eigenvalue weighted by molar-refractivity contribution is -0.114. The first-order valence-electron chi connectivity index (χ1n) is 9.37. The van der Waals surface area contributed by atoms with Gasteiger partial charge in [-0.2, -0.15) is 0 Å². The van der Waals surface area contributed by atoms with E-state index in [1.807, 2.05) is 6.92 Å². The maximum atomic E-state index is 13.5. The topological polar surface area (TPSA) is 88.6 Å². The molecule has 162 valence electrons. The van der Waals surface area contributed by atoms with E-state index in [0.717, 1.165) is 9.87 Å². The first-order chi connectivity index (χ1) is 14.7. The number of amides is 1. The summed E-state index contributed by atoms with van der Waals surface area (Å²) in [4.78, 5) is 16.9. The fraction of sp³-hybridized carbons (Fsp3) is 0.182. The molecule has 1 heterocycles. The maximum absolute atomic E-state index is 13.5. The fourth-order valence-electron chi connectivity index (χ4n) is 2.96. The minimum atomic E-state index is -4.04. The first-order valence-corrected chi connectivity index (χ1v) is 11.2. The van der Waals surface area contributed by atoms with Crippen molar-refractivity contribution in [3.63, 3.8) is 0 Å². The summed E-state index contributed by atoms with van der Waals surface area (Å²) in [6.45, 7) is 3.11. The van der Waals surface area contributed by atoms with E-state index in [2.05, 4.69) is 10.3 Å². The Kier molecular flexibility index (Phi) is 6.82. The van der Waals surface area contributed by atoms with Gasteiger partial charge in [0.25, 0.3) is 10.0 Å². The molecular weight excluding hydrogens is 438 g/mol. The Labute approximate surface area is 186 Å². The van der Waals surface area contributed by atoms with E-state index in [-0.39, 0.29) is 10.0 Å². The van der Waals surface area contributed by atoms with Crippen LogP contribution in [0.25, 0.3) is 0 Å². The van der Waals surface area contributed by atoms with Crippen LogP contribution in [0.2, 0.25) is 5.15 Å². The van der Waals surface area contributed by atoms with Crippen molar-refractivity contribution in [3.8, 4) is 5.75 Å². The molecule has 1 amide bonds. The van der Waals surface area contributed by atoms with E-state index in [1.54, 1.807) is 55.6 Å². The fourth-order valence-corrected chi connectivity index (χ4v) is 4.61. The highest BCUT2D eigenvalue weighted by molar-refractivity contribution is 7.92. The van der Waals surface area contributed by atoms with Crippen molar-refractivity contribution in [1.29, 1.82) is 0 Å². The molecule has 2 aromatic carbocycles. The molecule has 0 aliphatic rings. The Morgan fingerprint density at radius 1 is 1.13 bits per heavy atom. The summed E-state index contributed by atoms with van der Waals surface area (Å²) in [5.74, 6) is -0.0868. The molecule has 31 heavy (non-hydrogen) atoms. The van der Waals surface area contributed by atoms with Crippen LogP contribution >= 0.6 is 11.6 Å². The van der Waals surface area contributed by atoms with Crippen LogP contribution in [0.1, 0.15) is 11.1 Å². The van der Waals surface area contributed by atoms with Crippen LogP contribution in [0.4, 0.5) is 11.4 Å². The first kappa shape index (κ1) is 22.6. The normalized spacial score (nSPS) is 11.1. The number of benzene rings is 2. The van der Waals surface area contributed by atoms with Gasteiger partial charge in [0.05, 0.1) is 23.4 Å². The van der Waals surface area contributed by atoms with Gasteiger partial charge >= 0.3 is 0 Å². The second-order valence-electron chi connectivity index (χ2n) is 6.88. The van der Waals surface area contributed by atoms with Gasteiger partial charge in [-0.3, -0.25) is 9.10 Å². The summed E-state index contributed by atoms with van der Waals surface area (Å²) in [5, 5.41) is 2.77. The molecule has 3 rings (SSSR count). The number of hydrogen-bond donors (Lipinski definition) is 1. The number of aryl methyl sites for hydroxylation is 2. The van der Waals surface area contributed by atoms with Crippen molar-refractivity contribution in [2.75, 3.05) is 23.3 Å². The summed E-state index contributed by atoms with van der Waals surface area (Å²) >= 11 is 6.07. The van der Waals surface area contributed by atoms with Crippen LogP contribution in [0.15, 0.2) is 65.7 Å². The number of ether oxygens (including phenoxy) is 1. The van der Waals surface area contributed by atoms with E-state index in [1.165, 1.54) is 19.2 Å². The number of methoxy groups -OCH3 is 1. The number of carbonyl (C=O) groups is 1. The predicted molar refractivity (Wildman–Crippen MR) is 121 cm³/mol. The number of nitrogens with zero attached hydrogens (tertiary/aromatic N) is 2. The van der Waals surface area contributed by atoms with Crippen LogP contribution in [0.3, 0.4) is 0 Å². The van der Waals surface area contributed by atoms with Crippen LogP contribution in [0.5, 0.6) is 5.75 Å². The lowest BCUT2D eigenvalue weighted by Crippen LogP contribution is -2.38. The van der Waals surface area contributed by atoms with Crippen LogP contribution in [-0.2, 0) is 14.8 Å². The number of anilines is 2. The van der Waals surface area contributed by atoms with Gasteiger partial charge in [0.1, 0.15) is 12.3 Å². The molecule has 1 aromatic heterocycles. The smallest absolute Gasteiger partial charge is 0.264 e. The van der Waals surface area contributed by atoms with Gasteiger partial charge in [-0.25, -0.2) is 13.4 Å².